The molecule has 3 rings (SSSR count). The molecule has 2 nitrogen and oxygen atoms in total. The summed E-state index contributed by atoms with van der Waals surface area (Å²) in [5, 5.41) is 1.54. The van der Waals surface area contributed by atoms with Crippen LogP contribution in [0.25, 0.3) is 22.3 Å². The largest absolute Gasteiger partial charge is 0.456 e. The summed E-state index contributed by atoms with van der Waals surface area (Å²) in [4.78, 5) is 12.9. The van der Waals surface area contributed by atoms with E-state index in [9.17, 15) is 4.79 Å². The Kier molecular flexibility index (Phi) is 3.30. The van der Waals surface area contributed by atoms with Crippen molar-refractivity contribution in [1.82, 2.24) is 0 Å². The second-order valence-corrected chi connectivity index (χ2v) is 11.2. The van der Waals surface area contributed by atoms with E-state index in [-0.39, 0.29) is 5.43 Å². The molecule has 1 aromatic heterocycles. The molecule has 0 aliphatic carbocycles. The van der Waals surface area contributed by atoms with Crippen molar-refractivity contribution in [2.45, 2.75) is 19.6 Å². The van der Waals surface area contributed by atoms with E-state index in [0.29, 0.717) is 11.0 Å². The minimum absolute atomic E-state index is 0.120. The first-order valence-electron chi connectivity index (χ1n) is 7.10. The summed E-state index contributed by atoms with van der Waals surface area (Å²) in [7, 11) is -1.83. The lowest BCUT2D eigenvalue weighted by atomic mass is 10.1. The zero-order chi connectivity index (χ0) is 15.0. The van der Waals surface area contributed by atoms with Gasteiger partial charge >= 0.3 is 0 Å². The van der Waals surface area contributed by atoms with Crippen LogP contribution in [0.15, 0.2) is 63.8 Å². The molecule has 0 saturated heterocycles. The third-order valence-electron chi connectivity index (χ3n) is 3.58. The molecule has 3 aromatic rings. The molecule has 0 spiro atoms. The van der Waals surface area contributed by atoms with Gasteiger partial charge in [0.25, 0.3) is 0 Å². The normalized spacial score (nSPS) is 11.8. The predicted molar refractivity (Wildman–Crippen MR) is 90.9 cm³/mol. The summed E-state index contributed by atoms with van der Waals surface area (Å²) in [6.07, 6.45) is 0. The van der Waals surface area contributed by atoms with Crippen LogP contribution in [0.4, 0.5) is 0 Å². The molecule has 0 saturated carbocycles. The number of para-hydroxylation sites is 1. The zero-order valence-electron chi connectivity index (χ0n) is 12.5. The Morgan fingerprint density at radius 3 is 2.14 bits per heavy atom. The highest BCUT2D eigenvalue weighted by Crippen LogP contribution is 2.23. The second kappa shape index (κ2) is 5.01. The fourth-order valence-corrected chi connectivity index (χ4v) is 4.31. The lowest BCUT2D eigenvalue weighted by Crippen LogP contribution is -2.48. The summed E-state index contributed by atoms with van der Waals surface area (Å²) in [6.45, 7) is 6.54. The van der Waals surface area contributed by atoms with E-state index >= 15 is 0 Å². The molecule has 3 heteroatoms. The van der Waals surface area contributed by atoms with Crippen LogP contribution in [0.2, 0.25) is 19.6 Å². The molecule has 0 radical (unpaired) electrons. The second-order valence-electron chi connectivity index (χ2n) is 6.25. The molecular formula is C18H18O2Si. The van der Waals surface area contributed by atoms with Crippen molar-refractivity contribution in [2.24, 2.45) is 0 Å². The Morgan fingerprint density at radius 2 is 1.48 bits per heavy atom. The summed E-state index contributed by atoms with van der Waals surface area (Å²) >= 11 is 0. The third kappa shape index (κ3) is 2.45. The molecule has 0 aliphatic heterocycles. The maximum absolute atomic E-state index is 12.9. The van der Waals surface area contributed by atoms with Crippen LogP contribution >= 0.6 is 0 Å². The topological polar surface area (TPSA) is 30.2 Å². The molecule has 0 atom stereocenters. The molecule has 2 aromatic carbocycles. The van der Waals surface area contributed by atoms with Crippen LogP contribution in [0.3, 0.4) is 0 Å². The van der Waals surface area contributed by atoms with Gasteiger partial charge in [0.15, 0.2) is 5.43 Å². The molecule has 21 heavy (non-hydrogen) atoms. The zero-order valence-corrected chi connectivity index (χ0v) is 13.5. The van der Waals surface area contributed by atoms with Crippen LogP contribution in [-0.4, -0.2) is 8.07 Å². The highest BCUT2D eigenvalue weighted by Gasteiger charge is 2.27. The molecule has 0 N–H and O–H groups in total. The Bertz CT molecular complexity index is 842. The first kappa shape index (κ1) is 13.8. The van der Waals surface area contributed by atoms with E-state index in [1.165, 1.54) is 0 Å². The van der Waals surface area contributed by atoms with Crippen LogP contribution in [0.1, 0.15) is 0 Å². The molecule has 0 unspecified atom stereocenters. The van der Waals surface area contributed by atoms with Crippen molar-refractivity contribution < 1.29 is 4.42 Å². The Hall–Kier alpha value is -2.13. The minimum Gasteiger partial charge on any atom is -0.456 e. The number of hydrogen-bond donors (Lipinski definition) is 0. The van der Waals surface area contributed by atoms with Crippen LogP contribution < -0.4 is 10.6 Å². The van der Waals surface area contributed by atoms with Crippen LogP contribution in [0.5, 0.6) is 0 Å². The molecule has 0 amide bonds. The Labute approximate surface area is 125 Å². The van der Waals surface area contributed by atoms with E-state index < -0.39 is 8.07 Å². The van der Waals surface area contributed by atoms with Crippen molar-refractivity contribution in [3.63, 3.8) is 0 Å². The van der Waals surface area contributed by atoms with Gasteiger partial charge in [0, 0.05) is 10.8 Å². The third-order valence-corrected chi connectivity index (χ3v) is 5.54. The number of hydrogen-bond acceptors (Lipinski definition) is 2. The van der Waals surface area contributed by atoms with Crippen molar-refractivity contribution in [3.8, 4) is 11.3 Å². The Balaban J connectivity index is 2.45. The standard InChI is InChI=1S/C18H18O2Si/c1-21(2,3)18-16(19)14-11-7-8-12-15(14)20-17(18)13-9-5-4-6-10-13/h4-12H,1-3H3. The maximum Gasteiger partial charge on any atom is 0.192 e. The lowest BCUT2D eigenvalue weighted by molar-refractivity contribution is 0.622. The number of fused-ring (bicyclic) bond motifs is 1. The minimum atomic E-state index is -1.83. The monoisotopic (exact) mass is 294 g/mol. The van der Waals surface area contributed by atoms with E-state index in [2.05, 4.69) is 19.6 Å². The molecule has 0 aliphatic rings. The summed E-state index contributed by atoms with van der Waals surface area (Å²) in [5.41, 5.74) is 1.75. The van der Waals surface area contributed by atoms with E-state index in [0.717, 1.165) is 16.5 Å². The van der Waals surface area contributed by atoms with Gasteiger partial charge in [0.2, 0.25) is 0 Å². The molecular weight excluding hydrogens is 276 g/mol. The number of rotatable bonds is 2. The maximum atomic E-state index is 12.9. The van der Waals surface area contributed by atoms with Gasteiger partial charge < -0.3 is 4.42 Å². The van der Waals surface area contributed by atoms with Gasteiger partial charge in [-0.15, -0.1) is 0 Å². The van der Waals surface area contributed by atoms with Gasteiger partial charge in [-0.3, -0.25) is 4.79 Å². The predicted octanol–water partition coefficient (Wildman–Crippen LogP) is 4.01. The molecule has 0 bridgehead atoms. The fraction of sp³-hybridized carbons (Fsp3) is 0.167. The average molecular weight is 294 g/mol. The Morgan fingerprint density at radius 1 is 0.857 bits per heavy atom. The van der Waals surface area contributed by atoms with Gasteiger partial charge in [0.05, 0.1) is 13.5 Å². The van der Waals surface area contributed by atoms with E-state index in [1.54, 1.807) is 0 Å². The highest BCUT2D eigenvalue weighted by atomic mass is 28.3. The van der Waals surface area contributed by atoms with Crippen molar-refractivity contribution >= 4 is 24.2 Å². The van der Waals surface area contributed by atoms with Gasteiger partial charge in [-0.2, -0.15) is 0 Å². The smallest absolute Gasteiger partial charge is 0.192 e. The summed E-state index contributed by atoms with van der Waals surface area (Å²) in [6, 6.07) is 17.4. The molecule has 106 valence electrons. The summed E-state index contributed by atoms with van der Waals surface area (Å²) < 4.78 is 6.12. The van der Waals surface area contributed by atoms with E-state index in [1.807, 2.05) is 54.6 Å². The van der Waals surface area contributed by atoms with Crippen LogP contribution in [-0.2, 0) is 0 Å². The number of benzene rings is 2. The average Bonchev–Trinajstić information content (AvgIpc) is 2.46. The highest BCUT2D eigenvalue weighted by molar-refractivity contribution is 6.89. The van der Waals surface area contributed by atoms with Gasteiger partial charge in [-0.05, 0) is 12.1 Å². The first-order chi connectivity index (χ1) is 9.98. The fourth-order valence-electron chi connectivity index (χ4n) is 2.62. The quantitative estimate of drug-likeness (QED) is 0.669. The first-order valence-corrected chi connectivity index (χ1v) is 10.6. The van der Waals surface area contributed by atoms with Crippen LogP contribution in [0, 0.1) is 0 Å². The van der Waals surface area contributed by atoms with Crippen molar-refractivity contribution in [2.75, 3.05) is 0 Å². The van der Waals surface area contributed by atoms with Gasteiger partial charge in [-0.1, -0.05) is 62.1 Å². The van der Waals surface area contributed by atoms with Crippen molar-refractivity contribution in [3.05, 3.63) is 64.8 Å². The lowest BCUT2D eigenvalue weighted by Gasteiger charge is -2.19. The molecule has 0 fully saturated rings. The summed E-state index contributed by atoms with van der Waals surface area (Å²) in [5.74, 6) is 0.735. The SMILES string of the molecule is C[Si](C)(C)c1c(-c2ccccc2)oc2ccccc2c1=O. The van der Waals surface area contributed by atoms with Gasteiger partial charge in [0.1, 0.15) is 11.3 Å². The van der Waals surface area contributed by atoms with Crippen molar-refractivity contribution in [1.29, 1.82) is 0 Å². The van der Waals surface area contributed by atoms with Gasteiger partial charge in [-0.25, -0.2) is 0 Å². The molecule has 1 heterocycles. The van der Waals surface area contributed by atoms with E-state index in [4.69, 9.17) is 4.42 Å².